The van der Waals surface area contributed by atoms with Crippen LogP contribution < -0.4 is 5.32 Å². The van der Waals surface area contributed by atoms with Crippen LogP contribution in [0.4, 0.5) is 0 Å². The molecule has 78 valence electrons. The largest absolute Gasteiger partial charge is 0.387 e. The lowest BCUT2D eigenvalue weighted by Gasteiger charge is -2.11. The second-order valence-corrected chi connectivity index (χ2v) is 3.94. The molecule has 0 aromatic heterocycles. The molecule has 0 saturated carbocycles. The lowest BCUT2D eigenvalue weighted by Crippen LogP contribution is -2.08. The Morgan fingerprint density at radius 1 is 0.938 bits per heavy atom. The van der Waals surface area contributed by atoms with Crippen molar-refractivity contribution in [3.05, 3.63) is 66.4 Å². The average Bonchev–Trinajstić information content (AvgIpc) is 2.39. The van der Waals surface area contributed by atoms with Crippen molar-refractivity contribution < 1.29 is 0 Å². The van der Waals surface area contributed by atoms with Gasteiger partial charge in [0.05, 0.1) is 0 Å². The minimum Gasteiger partial charge on any atom is -0.387 e. The standard InChI is InChI=1S/C15H13N/c1-2-8-14-12(5-1)6-3-9-15(14)13-7-4-10-16-11-13/h1-9,11,16H,10H2. The molecular weight excluding hydrogens is 194 g/mol. The van der Waals surface area contributed by atoms with Crippen LogP contribution in [0.1, 0.15) is 5.56 Å². The summed E-state index contributed by atoms with van der Waals surface area (Å²) in [7, 11) is 0. The van der Waals surface area contributed by atoms with E-state index in [1.54, 1.807) is 0 Å². The Bertz CT molecular complexity index is 574. The molecule has 0 bridgehead atoms. The molecule has 0 unspecified atom stereocenters. The third kappa shape index (κ3) is 1.50. The molecular formula is C15H13N. The van der Waals surface area contributed by atoms with Gasteiger partial charge in [-0.25, -0.2) is 0 Å². The highest BCUT2D eigenvalue weighted by Gasteiger charge is 2.04. The van der Waals surface area contributed by atoms with Gasteiger partial charge in [-0.3, -0.25) is 0 Å². The van der Waals surface area contributed by atoms with Gasteiger partial charge in [-0.1, -0.05) is 54.6 Å². The van der Waals surface area contributed by atoms with Crippen molar-refractivity contribution >= 4 is 16.3 Å². The van der Waals surface area contributed by atoms with E-state index in [0.717, 1.165) is 6.54 Å². The van der Waals surface area contributed by atoms with E-state index in [1.165, 1.54) is 21.9 Å². The van der Waals surface area contributed by atoms with Gasteiger partial charge in [0.2, 0.25) is 0 Å². The number of fused-ring (bicyclic) bond motifs is 1. The molecule has 16 heavy (non-hydrogen) atoms. The number of hydrogen-bond donors (Lipinski definition) is 1. The van der Waals surface area contributed by atoms with E-state index in [0.29, 0.717) is 0 Å². The number of allylic oxidation sites excluding steroid dienone is 2. The van der Waals surface area contributed by atoms with E-state index in [2.05, 4.69) is 66.1 Å². The minimum atomic E-state index is 0.925. The summed E-state index contributed by atoms with van der Waals surface area (Å²) in [4.78, 5) is 0. The van der Waals surface area contributed by atoms with Crippen LogP contribution in [0.15, 0.2) is 60.8 Å². The Balaban J connectivity index is 2.23. The van der Waals surface area contributed by atoms with Crippen molar-refractivity contribution in [3.63, 3.8) is 0 Å². The first-order chi connectivity index (χ1) is 7.95. The summed E-state index contributed by atoms with van der Waals surface area (Å²) in [5, 5.41) is 5.85. The Morgan fingerprint density at radius 3 is 2.69 bits per heavy atom. The Hall–Kier alpha value is -2.02. The first kappa shape index (κ1) is 9.22. The molecule has 3 rings (SSSR count). The van der Waals surface area contributed by atoms with Crippen LogP contribution in [0, 0.1) is 0 Å². The number of rotatable bonds is 1. The van der Waals surface area contributed by atoms with Crippen molar-refractivity contribution in [3.8, 4) is 0 Å². The summed E-state index contributed by atoms with van der Waals surface area (Å²) in [5.41, 5.74) is 2.55. The lowest BCUT2D eigenvalue weighted by atomic mass is 9.98. The first-order valence-corrected chi connectivity index (χ1v) is 5.53. The molecule has 1 aliphatic rings. The highest BCUT2D eigenvalue weighted by molar-refractivity contribution is 5.96. The highest BCUT2D eigenvalue weighted by atomic mass is 14.8. The summed E-state index contributed by atoms with van der Waals surface area (Å²) in [6.07, 6.45) is 6.41. The van der Waals surface area contributed by atoms with Crippen LogP contribution in [0.3, 0.4) is 0 Å². The van der Waals surface area contributed by atoms with Crippen molar-refractivity contribution in [2.45, 2.75) is 0 Å². The van der Waals surface area contributed by atoms with Gasteiger partial charge in [-0.2, -0.15) is 0 Å². The molecule has 0 fully saturated rings. The van der Waals surface area contributed by atoms with Gasteiger partial charge in [0.1, 0.15) is 0 Å². The Labute approximate surface area is 95.1 Å². The topological polar surface area (TPSA) is 12.0 Å². The zero-order valence-electron chi connectivity index (χ0n) is 8.98. The molecule has 1 N–H and O–H groups in total. The normalized spacial score (nSPS) is 14.6. The van der Waals surface area contributed by atoms with E-state index in [1.807, 2.05) is 0 Å². The monoisotopic (exact) mass is 207 g/mol. The van der Waals surface area contributed by atoms with Crippen LogP contribution in [-0.2, 0) is 0 Å². The van der Waals surface area contributed by atoms with Gasteiger partial charge in [0.15, 0.2) is 0 Å². The zero-order valence-corrected chi connectivity index (χ0v) is 8.98. The summed E-state index contributed by atoms with van der Waals surface area (Å²) < 4.78 is 0. The molecule has 0 aliphatic carbocycles. The fourth-order valence-electron chi connectivity index (χ4n) is 2.12. The van der Waals surface area contributed by atoms with Gasteiger partial charge >= 0.3 is 0 Å². The van der Waals surface area contributed by atoms with Gasteiger partial charge < -0.3 is 5.32 Å². The van der Waals surface area contributed by atoms with E-state index in [9.17, 15) is 0 Å². The van der Waals surface area contributed by atoms with Gasteiger partial charge in [0.25, 0.3) is 0 Å². The van der Waals surface area contributed by atoms with Crippen LogP contribution in [0.5, 0.6) is 0 Å². The molecule has 0 radical (unpaired) electrons. The molecule has 2 aromatic rings. The average molecular weight is 207 g/mol. The third-order valence-electron chi connectivity index (χ3n) is 2.89. The van der Waals surface area contributed by atoms with E-state index < -0.39 is 0 Å². The predicted octanol–water partition coefficient (Wildman–Crippen LogP) is 3.34. The fourth-order valence-corrected chi connectivity index (χ4v) is 2.12. The van der Waals surface area contributed by atoms with Gasteiger partial charge in [-0.15, -0.1) is 0 Å². The van der Waals surface area contributed by atoms with E-state index in [-0.39, 0.29) is 0 Å². The van der Waals surface area contributed by atoms with Crippen molar-refractivity contribution in [1.29, 1.82) is 0 Å². The van der Waals surface area contributed by atoms with Crippen LogP contribution in [0.2, 0.25) is 0 Å². The lowest BCUT2D eigenvalue weighted by molar-refractivity contribution is 0.977. The molecule has 1 nitrogen and oxygen atoms in total. The first-order valence-electron chi connectivity index (χ1n) is 5.53. The van der Waals surface area contributed by atoms with Crippen LogP contribution in [-0.4, -0.2) is 6.54 Å². The SMILES string of the molecule is C1=CC(c2cccc3ccccc23)=CNC1. The summed E-state index contributed by atoms with van der Waals surface area (Å²) in [5.74, 6) is 0. The predicted molar refractivity (Wildman–Crippen MR) is 69.1 cm³/mol. The maximum atomic E-state index is 3.25. The molecule has 0 amide bonds. The number of nitrogens with one attached hydrogen (secondary N) is 1. The second-order valence-electron chi connectivity index (χ2n) is 3.94. The molecule has 0 saturated heterocycles. The van der Waals surface area contributed by atoms with Crippen molar-refractivity contribution in [2.24, 2.45) is 0 Å². The number of benzene rings is 2. The minimum absolute atomic E-state index is 0.925. The van der Waals surface area contributed by atoms with Crippen LogP contribution >= 0.6 is 0 Å². The van der Waals surface area contributed by atoms with Crippen LogP contribution in [0.25, 0.3) is 16.3 Å². The van der Waals surface area contributed by atoms with Crippen molar-refractivity contribution in [2.75, 3.05) is 6.54 Å². The van der Waals surface area contributed by atoms with Gasteiger partial charge in [-0.05, 0) is 21.9 Å². The molecule has 1 aliphatic heterocycles. The quantitative estimate of drug-likeness (QED) is 0.756. The van der Waals surface area contributed by atoms with E-state index in [4.69, 9.17) is 0 Å². The zero-order chi connectivity index (χ0) is 10.8. The summed E-state index contributed by atoms with van der Waals surface area (Å²) in [6.45, 7) is 0.925. The summed E-state index contributed by atoms with van der Waals surface area (Å²) in [6, 6.07) is 14.9. The second kappa shape index (κ2) is 3.86. The Morgan fingerprint density at radius 2 is 1.81 bits per heavy atom. The van der Waals surface area contributed by atoms with Crippen molar-refractivity contribution in [1.82, 2.24) is 5.32 Å². The maximum Gasteiger partial charge on any atom is 0.0328 e. The molecule has 1 heteroatoms. The Kier molecular flexibility index (Phi) is 2.22. The molecule has 0 atom stereocenters. The molecule has 2 aromatic carbocycles. The maximum absolute atomic E-state index is 3.25. The van der Waals surface area contributed by atoms with Gasteiger partial charge in [0, 0.05) is 12.7 Å². The number of dihydropyridines is 1. The highest BCUT2D eigenvalue weighted by Crippen LogP contribution is 2.26. The molecule has 0 spiro atoms. The number of hydrogen-bond acceptors (Lipinski definition) is 1. The van der Waals surface area contributed by atoms with E-state index >= 15 is 0 Å². The fraction of sp³-hybridized carbons (Fsp3) is 0.0667. The third-order valence-corrected chi connectivity index (χ3v) is 2.89. The molecule has 1 heterocycles. The summed E-state index contributed by atoms with van der Waals surface area (Å²) >= 11 is 0. The smallest absolute Gasteiger partial charge is 0.0328 e.